The van der Waals surface area contributed by atoms with Crippen LogP contribution >= 0.6 is 15.9 Å². The van der Waals surface area contributed by atoms with Crippen LogP contribution in [0.15, 0.2) is 59.1 Å². The molecule has 0 atom stereocenters. The molecule has 0 radical (unpaired) electrons. The molecule has 8 heteroatoms. The largest absolute Gasteiger partial charge is 0.322 e. The Morgan fingerprint density at radius 2 is 1.66 bits per heavy atom. The molecule has 1 aromatic heterocycles. The van der Waals surface area contributed by atoms with E-state index in [-0.39, 0.29) is 29.8 Å². The van der Waals surface area contributed by atoms with E-state index >= 15 is 0 Å². The van der Waals surface area contributed by atoms with Gasteiger partial charge in [-0.15, -0.1) is 0 Å². The number of anilines is 2. The number of hydrogen-bond acceptors (Lipinski definition) is 3. The predicted octanol–water partition coefficient (Wildman–Crippen LogP) is 6.37. The molecule has 0 fully saturated rings. The molecular formula is C27H34BrN5O2. The van der Waals surface area contributed by atoms with Gasteiger partial charge in [0.05, 0.1) is 11.4 Å². The summed E-state index contributed by atoms with van der Waals surface area (Å²) in [7, 11) is 0. The minimum atomic E-state index is -0.321. The highest BCUT2D eigenvalue weighted by Crippen LogP contribution is 2.26. The molecule has 0 unspecified atom stereocenters. The van der Waals surface area contributed by atoms with Gasteiger partial charge >= 0.3 is 6.03 Å². The second-order valence-electron chi connectivity index (χ2n) is 10.2. The Bertz CT molecular complexity index is 1160. The number of halogens is 1. The third-order valence-corrected chi connectivity index (χ3v) is 5.86. The van der Waals surface area contributed by atoms with Crippen LogP contribution in [0, 0.1) is 12.8 Å². The first kappa shape index (κ1) is 26.5. The molecule has 3 rings (SSSR count). The zero-order valence-electron chi connectivity index (χ0n) is 21.2. The van der Waals surface area contributed by atoms with Crippen molar-refractivity contribution in [2.75, 3.05) is 23.7 Å². The minimum absolute atomic E-state index is 0.0789. The summed E-state index contributed by atoms with van der Waals surface area (Å²) >= 11 is 3.39. The smallest absolute Gasteiger partial charge is 0.315 e. The van der Waals surface area contributed by atoms with Crippen molar-refractivity contribution in [1.29, 1.82) is 0 Å². The van der Waals surface area contributed by atoms with Gasteiger partial charge in [0.2, 0.25) is 5.91 Å². The third kappa shape index (κ3) is 7.42. The molecule has 2 N–H and O–H groups in total. The summed E-state index contributed by atoms with van der Waals surface area (Å²) in [6.45, 7) is 12.7. The van der Waals surface area contributed by atoms with Crippen LogP contribution in [0.4, 0.5) is 16.3 Å². The van der Waals surface area contributed by atoms with E-state index in [1.165, 1.54) is 4.90 Å². The SMILES string of the molecule is Cc1ccc(-n2nc(C(C)(C)C)cc2NC(=O)CN(CC(C)C)C(=O)Nc2ccc(Br)cc2)cc1. The van der Waals surface area contributed by atoms with Gasteiger partial charge in [-0.1, -0.05) is 68.2 Å². The highest BCUT2D eigenvalue weighted by Gasteiger charge is 2.23. The van der Waals surface area contributed by atoms with E-state index in [2.05, 4.69) is 47.3 Å². The van der Waals surface area contributed by atoms with E-state index < -0.39 is 0 Å². The number of urea groups is 1. The van der Waals surface area contributed by atoms with Crippen molar-refractivity contribution in [3.05, 3.63) is 70.3 Å². The van der Waals surface area contributed by atoms with Crippen LogP contribution in [0.2, 0.25) is 0 Å². The maximum absolute atomic E-state index is 13.1. The Kier molecular flexibility index (Phi) is 8.38. The monoisotopic (exact) mass is 539 g/mol. The molecule has 0 aliphatic carbocycles. The lowest BCUT2D eigenvalue weighted by Gasteiger charge is -2.24. The lowest BCUT2D eigenvalue weighted by atomic mass is 9.92. The van der Waals surface area contributed by atoms with Gasteiger partial charge in [0, 0.05) is 28.2 Å². The fraction of sp³-hybridized carbons (Fsp3) is 0.370. The van der Waals surface area contributed by atoms with E-state index in [0.29, 0.717) is 18.1 Å². The Morgan fingerprint density at radius 3 is 2.23 bits per heavy atom. The summed E-state index contributed by atoms with van der Waals surface area (Å²) in [6.07, 6.45) is 0. The zero-order valence-corrected chi connectivity index (χ0v) is 22.8. The molecule has 0 aliphatic heterocycles. The van der Waals surface area contributed by atoms with E-state index in [1.807, 2.05) is 75.4 Å². The summed E-state index contributed by atoms with van der Waals surface area (Å²) in [4.78, 5) is 27.6. The average Bonchev–Trinajstić information content (AvgIpc) is 3.19. The first-order chi connectivity index (χ1) is 16.4. The number of carbonyl (C=O) groups is 2. The van der Waals surface area contributed by atoms with Crippen LogP contribution in [-0.2, 0) is 10.2 Å². The van der Waals surface area contributed by atoms with E-state index in [4.69, 9.17) is 5.10 Å². The van der Waals surface area contributed by atoms with Crippen molar-refractivity contribution in [3.8, 4) is 5.69 Å². The molecule has 0 spiro atoms. The Hall–Kier alpha value is -3.13. The number of rotatable bonds is 7. The summed E-state index contributed by atoms with van der Waals surface area (Å²) in [5.41, 5.74) is 3.33. The van der Waals surface area contributed by atoms with Crippen molar-refractivity contribution >= 4 is 39.4 Å². The van der Waals surface area contributed by atoms with Gasteiger partial charge in [0.25, 0.3) is 0 Å². The topological polar surface area (TPSA) is 79.3 Å². The number of carbonyl (C=O) groups excluding carboxylic acids is 2. The number of hydrogen-bond donors (Lipinski definition) is 2. The normalized spacial score (nSPS) is 11.4. The molecular weight excluding hydrogens is 506 g/mol. The van der Waals surface area contributed by atoms with Crippen LogP contribution in [0.3, 0.4) is 0 Å². The molecule has 0 saturated carbocycles. The van der Waals surface area contributed by atoms with Gasteiger partial charge in [-0.25, -0.2) is 9.48 Å². The number of aryl methyl sites for hydroxylation is 1. The molecule has 0 bridgehead atoms. The molecule has 186 valence electrons. The highest BCUT2D eigenvalue weighted by atomic mass is 79.9. The number of amides is 3. The lowest BCUT2D eigenvalue weighted by Crippen LogP contribution is -2.42. The number of benzene rings is 2. The summed E-state index contributed by atoms with van der Waals surface area (Å²) in [6, 6.07) is 16.9. The van der Waals surface area contributed by atoms with Gasteiger partial charge < -0.3 is 15.5 Å². The highest BCUT2D eigenvalue weighted by molar-refractivity contribution is 9.10. The minimum Gasteiger partial charge on any atom is -0.315 e. The summed E-state index contributed by atoms with van der Waals surface area (Å²) in [5.74, 6) is 0.482. The van der Waals surface area contributed by atoms with Crippen molar-refractivity contribution in [2.45, 2.75) is 47.0 Å². The Labute approximate surface area is 216 Å². The van der Waals surface area contributed by atoms with Gasteiger partial charge in [-0.3, -0.25) is 4.79 Å². The molecule has 0 aliphatic rings. The second kappa shape index (κ2) is 11.1. The van der Waals surface area contributed by atoms with Gasteiger partial charge in [-0.2, -0.15) is 5.10 Å². The van der Waals surface area contributed by atoms with Crippen LogP contribution in [0.1, 0.15) is 45.9 Å². The van der Waals surface area contributed by atoms with Gasteiger partial charge in [0.1, 0.15) is 12.4 Å². The Morgan fingerprint density at radius 1 is 1.03 bits per heavy atom. The first-order valence-corrected chi connectivity index (χ1v) is 12.5. The van der Waals surface area contributed by atoms with Crippen molar-refractivity contribution in [2.24, 2.45) is 5.92 Å². The lowest BCUT2D eigenvalue weighted by molar-refractivity contribution is -0.116. The number of aromatic nitrogens is 2. The molecule has 2 aromatic carbocycles. The predicted molar refractivity (Wildman–Crippen MR) is 145 cm³/mol. The van der Waals surface area contributed by atoms with Crippen LogP contribution in [0.5, 0.6) is 0 Å². The van der Waals surface area contributed by atoms with Crippen molar-refractivity contribution in [3.63, 3.8) is 0 Å². The van der Waals surface area contributed by atoms with Crippen LogP contribution in [0.25, 0.3) is 5.69 Å². The van der Waals surface area contributed by atoms with Crippen LogP contribution in [-0.4, -0.2) is 39.7 Å². The zero-order chi connectivity index (χ0) is 25.8. The number of nitrogens with zero attached hydrogens (tertiary/aromatic N) is 3. The maximum Gasteiger partial charge on any atom is 0.322 e. The molecule has 3 amide bonds. The standard InChI is InChI=1S/C27H34BrN5O2/c1-18(2)16-32(26(35)29-21-11-9-20(28)10-12-21)17-25(34)30-24-15-23(27(4,5)6)31-33(24)22-13-7-19(3)8-14-22/h7-15,18H,16-17H2,1-6H3,(H,29,35)(H,30,34). The van der Waals surface area contributed by atoms with Gasteiger partial charge in [-0.05, 0) is 49.2 Å². The third-order valence-electron chi connectivity index (χ3n) is 5.33. The molecule has 7 nitrogen and oxygen atoms in total. The second-order valence-corrected chi connectivity index (χ2v) is 11.1. The number of nitrogens with one attached hydrogen (secondary N) is 2. The molecule has 35 heavy (non-hydrogen) atoms. The fourth-order valence-corrected chi connectivity index (χ4v) is 3.74. The van der Waals surface area contributed by atoms with E-state index in [9.17, 15) is 9.59 Å². The molecule has 0 saturated heterocycles. The van der Waals surface area contributed by atoms with E-state index in [0.717, 1.165) is 21.4 Å². The average molecular weight is 541 g/mol. The van der Waals surface area contributed by atoms with Gasteiger partial charge in [0.15, 0.2) is 0 Å². The fourth-order valence-electron chi connectivity index (χ4n) is 3.47. The maximum atomic E-state index is 13.1. The van der Waals surface area contributed by atoms with E-state index in [1.54, 1.807) is 4.68 Å². The van der Waals surface area contributed by atoms with Crippen LogP contribution < -0.4 is 10.6 Å². The van der Waals surface area contributed by atoms with Crippen molar-refractivity contribution < 1.29 is 9.59 Å². The quantitative estimate of drug-likeness (QED) is 0.366. The molecule has 1 heterocycles. The first-order valence-electron chi connectivity index (χ1n) is 11.7. The summed E-state index contributed by atoms with van der Waals surface area (Å²) < 4.78 is 2.67. The summed E-state index contributed by atoms with van der Waals surface area (Å²) in [5, 5.41) is 10.6. The molecule has 3 aromatic rings. The van der Waals surface area contributed by atoms with Crippen molar-refractivity contribution in [1.82, 2.24) is 14.7 Å². The Balaban J connectivity index is 1.80.